The van der Waals surface area contributed by atoms with Gasteiger partial charge < -0.3 is 5.32 Å². The van der Waals surface area contributed by atoms with Crippen LogP contribution in [0.1, 0.15) is 39.5 Å². The maximum atomic E-state index is 12.9. The van der Waals surface area contributed by atoms with Crippen LogP contribution < -0.4 is 5.32 Å². The van der Waals surface area contributed by atoms with Gasteiger partial charge in [0.15, 0.2) is 0 Å². The maximum absolute atomic E-state index is 12.9. The molecule has 1 heterocycles. The predicted octanol–water partition coefficient (Wildman–Crippen LogP) is 2.71. The van der Waals surface area contributed by atoms with Crippen molar-refractivity contribution in [2.75, 3.05) is 25.0 Å². The molecular weight excluding hydrogens is 286 g/mol. The topological polar surface area (TPSA) is 62.3 Å². The lowest BCUT2D eigenvalue weighted by atomic mass is 9.85. The Bertz CT molecular complexity index is 556. The fourth-order valence-corrected chi connectivity index (χ4v) is 4.13. The van der Waals surface area contributed by atoms with E-state index in [1.165, 1.54) is 12.6 Å². The molecule has 21 heavy (non-hydrogen) atoms. The first-order chi connectivity index (χ1) is 10.1. The minimum Gasteiger partial charge on any atom is -0.384 e. The molecule has 0 spiro atoms. The van der Waals surface area contributed by atoms with Gasteiger partial charge in [-0.25, -0.2) is 8.42 Å². The Hall–Kier alpha value is -1.14. The second-order valence-electron chi connectivity index (χ2n) is 5.55. The van der Waals surface area contributed by atoms with Gasteiger partial charge in [0, 0.05) is 32.0 Å². The van der Waals surface area contributed by atoms with Gasteiger partial charge in [-0.3, -0.25) is 4.98 Å². The SMILES string of the molecule is CCCNc1ccncc1S(=O)(=O)N(CC)CC1CCC1. The minimum absolute atomic E-state index is 0.291. The third-order valence-electron chi connectivity index (χ3n) is 4.01. The van der Waals surface area contributed by atoms with Gasteiger partial charge in [-0.15, -0.1) is 0 Å². The van der Waals surface area contributed by atoms with Crippen LogP contribution in [0, 0.1) is 5.92 Å². The number of sulfonamides is 1. The van der Waals surface area contributed by atoms with E-state index in [9.17, 15) is 8.42 Å². The summed E-state index contributed by atoms with van der Waals surface area (Å²) in [6.45, 7) is 5.83. The molecule has 1 saturated carbocycles. The molecule has 1 fully saturated rings. The number of hydrogen-bond acceptors (Lipinski definition) is 4. The van der Waals surface area contributed by atoms with Gasteiger partial charge >= 0.3 is 0 Å². The Labute approximate surface area is 127 Å². The van der Waals surface area contributed by atoms with Crippen molar-refractivity contribution in [3.05, 3.63) is 18.5 Å². The van der Waals surface area contributed by atoms with Gasteiger partial charge in [0.25, 0.3) is 0 Å². The van der Waals surface area contributed by atoms with Crippen LogP contribution in [0.2, 0.25) is 0 Å². The number of pyridine rings is 1. The van der Waals surface area contributed by atoms with E-state index in [4.69, 9.17) is 0 Å². The Kier molecular flexibility index (Phi) is 5.58. The van der Waals surface area contributed by atoms with Crippen molar-refractivity contribution in [1.82, 2.24) is 9.29 Å². The fourth-order valence-electron chi connectivity index (χ4n) is 2.49. The van der Waals surface area contributed by atoms with Crippen LogP contribution in [0.4, 0.5) is 5.69 Å². The lowest BCUT2D eigenvalue weighted by Crippen LogP contribution is -2.37. The van der Waals surface area contributed by atoms with E-state index < -0.39 is 10.0 Å². The van der Waals surface area contributed by atoms with Crippen molar-refractivity contribution in [3.8, 4) is 0 Å². The Morgan fingerprint density at radius 1 is 1.38 bits per heavy atom. The van der Waals surface area contributed by atoms with Gasteiger partial charge in [-0.2, -0.15) is 4.31 Å². The molecule has 0 saturated heterocycles. The first-order valence-corrected chi connectivity index (χ1v) is 9.21. The molecule has 0 atom stereocenters. The third-order valence-corrected chi connectivity index (χ3v) is 5.98. The largest absolute Gasteiger partial charge is 0.384 e. The molecule has 5 nitrogen and oxygen atoms in total. The molecule has 6 heteroatoms. The van der Waals surface area contributed by atoms with Crippen LogP contribution in [0.15, 0.2) is 23.4 Å². The summed E-state index contributed by atoms with van der Waals surface area (Å²) in [6.07, 6.45) is 7.52. The molecule has 0 aromatic carbocycles. The summed E-state index contributed by atoms with van der Waals surface area (Å²) in [6, 6.07) is 1.74. The Morgan fingerprint density at radius 3 is 2.71 bits per heavy atom. The third kappa shape index (κ3) is 3.74. The molecule has 1 aliphatic rings. The fraction of sp³-hybridized carbons (Fsp3) is 0.667. The van der Waals surface area contributed by atoms with E-state index in [0.717, 1.165) is 25.8 Å². The highest BCUT2D eigenvalue weighted by atomic mass is 32.2. The maximum Gasteiger partial charge on any atom is 0.246 e. The van der Waals surface area contributed by atoms with E-state index in [2.05, 4.69) is 17.2 Å². The van der Waals surface area contributed by atoms with E-state index in [1.807, 2.05) is 6.92 Å². The van der Waals surface area contributed by atoms with Crippen LogP contribution in [0.25, 0.3) is 0 Å². The number of nitrogens with zero attached hydrogens (tertiary/aromatic N) is 2. The average Bonchev–Trinajstić information content (AvgIpc) is 2.44. The summed E-state index contributed by atoms with van der Waals surface area (Å²) >= 11 is 0. The molecule has 0 amide bonds. The average molecular weight is 311 g/mol. The van der Waals surface area contributed by atoms with E-state index >= 15 is 0 Å². The molecule has 1 N–H and O–H groups in total. The normalized spacial score (nSPS) is 16.0. The highest BCUT2D eigenvalue weighted by molar-refractivity contribution is 7.89. The number of hydrogen-bond donors (Lipinski definition) is 1. The zero-order valence-electron chi connectivity index (χ0n) is 12.9. The van der Waals surface area contributed by atoms with Crippen molar-refractivity contribution in [3.63, 3.8) is 0 Å². The van der Waals surface area contributed by atoms with Gasteiger partial charge in [-0.1, -0.05) is 20.3 Å². The van der Waals surface area contributed by atoms with Gasteiger partial charge in [0.05, 0.1) is 5.69 Å². The molecule has 0 aliphatic heterocycles. The summed E-state index contributed by atoms with van der Waals surface area (Å²) < 4.78 is 27.3. The van der Waals surface area contributed by atoms with Crippen LogP contribution in [0.3, 0.4) is 0 Å². The van der Waals surface area contributed by atoms with Crippen molar-refractivity contribution in [2.24, 2.45) is 5.92 Å². The number of nitrogens with one attached hydrogen (secondary N) is 1. The number of anilines is 1. The molecule has 1 aromatic heterocycles. The molecule has 2 rings (SSSR count). The quantitative estimate of drug-likeness (QED) is 0.802. The second kappa shape index (κ2) is 7.22. The lowest BCUT2D eigenvalue weighted by molar-refractivity contribution is 0.250. The van der Waals surface area contributed by atoms with Crippen molar-refractivity contribution in [1.29, 1.82) is 0 Å². The molecule has 118 valence electrons. The molecular formula is C15H25N3O2S. The van der Waals surface area contributed by atoms with E-state index in [-0.39, 0.29) is 0 Å². The molecule has 0 radical (unpaired) electrons. The smallest absolute Gasteiger partial charge is 0.246 e. The summed E-state index contributed by atoms with van der Waals surface area (Å²) in [4.78, 5) is 4.30. The van der Waals surface area contributed by atoms with Crippen LogP contribution >= 0.6 is 0 Å². The summed E-state index contributed by atoms with van der Waals surface area (Å²) in [5, 5.41) is 3.18. The highest BCUT2D eigenvalue weighted by Crippen LogP contribution is 2.30. The van der Waals surface area contributed by atoms with Crippen LogP contribution in [-0.2, 0) is 10.0 Å². The van der Waals surface area contributed by atoms with Gasteiger partial charge in [0.1, 0.15) is 4.90 Å². The summed E-state index contributed by atoms with van der Waals surface area (Å²) in [5.41, 5.74) is 0.652. The van der Waals surface area contributed by atoms with Gasteiger partial charge in [0.2, 0.25) is 10.0 Å². The molecule has 0 bridgehead atoms. The highest BCUT2D eigenvalue weighted by Gasteiger charge is 2.30. The van der Waals surface area contributed by atoms with Gasteiger partial charge in [-0.05, 0) is 31.2 Å². The van der Waals surface area contributed by atoms with Crippen molar-refractivity contribution in [2.45, 2.75) is 44.4 Å². The second-order valence-corrected chi connectivity index (χ2v) is 7.46. The monoisotopic (exact) mass is 311 g/mol. The number of rotatable bonds is 8. The van der Waals surface area contributed by atoms with Crippen LogP contribution in [0.5, 0.6) is 0 Å². The molecule has 0 unspecified atom stereocenters. The van der Waals surface area contributed by atoms with E-state index in [1.54, 1.807) is 16.6 Å². The van der Waals surface area contributed by atoms with Crippen molar-refractivity contribution < 1.29 is 8.42 Å². The Morgan fingerprint density at radius 2 is 2.14 bits per heavy atom. The first-order valence-electron chi connectivity index (χ1n) is 7.77. The molecule has 1 aromatic rings. The minimum atomic E-state index is -3.48. The lowest BCUT2D eigenvalue weighted by Gasteiger charge is -2.31. The zero-order chi connectivity index (χ0) is 15.3. The Balaban J connectivity index is 2.24. The number of aromatic nitrogens is 1. The standard InChI is InChI=1S/C15H25N3O2S/c1-3-9-17-14-8-10-16-11-15(14)21(19,20)18(4-2)12-13-6-5-7-13/h8,10-11,13H,3-7,9,12H2,1-2H3,(H,16,17). The molecule has 1 aliphatic carbocycles. The predicted molar refractivity (Wildman–Crippen MR) is 84.8 cm³/mol. The zero-order valence-corrected chi connectivity index (χ0v) is 13.7. The van der Waals surface area contributed by atoms with E-state index in [0.29, 0.717) is 29.6 Å². The van der Waals surface area contributed by atoms with Crippen LogP contribution in [-0.4, -0.2) is 37.3 Å². The summed E-state index contributed by atoms with van der Waals surface area (Å²) in [7, 11) is -3.48. The van der Waals surface area contributed by atoms with Crippen molar-refractivity contribution >= 4 is 15.7 Å². The first kappa shape index (κ1) is 16.2. The summed E-state index contributed by atoms with van der Waals surface area (Å²) in [5.74, 6) is 0.517.